The van der Waals surface area contributed by atoms with Gasteiger partial charge in [-0.05, 0) is 111 Å². The van der Waals surface area contributed by atoms with Crippen molar-refractivity contribution in [2.45, 2.75) is 135 Å². The maximum Gasteiger partial charge on any atom is 0.438 e. The van der Waals surface area contributed by atoms with E-state index in [2.05, 4.69) is 109 Å². The molecule has 0 spiro atoms. The van der Waals surface area contributed by atoms with E-state index in [-0.39, 0.29) is 17.6 Å². The highest BCUT2D eigenvalue weighted by Gasteiger charge is 2.24. The van der Waals surface area contributed by atoms with Gasteiger partial charge in [-0.25, -0.2) is 4.79 Å². The molecule has 48 heavy (non-hydrogen) atoms. The van der Waals surface area contributed by atoms with Crippen LogP contribution in [0.3, 0.4) is 0 Å². The molecule has 0 saturated heterocycles. The van der Waals surface area contributed by atoms with Gasteiger partial charge in [0.25, 0.3) is 0 Å². The number of methoxy groups -OCH3 is 1. The number of hydrogen-bond acceptors (Lipinski definition) is 6. The average molecular weight is 691 g/mol. The fraction of sp³-hybridized carbons (Fsp3) is 0.875. The predicted molar refractivity (Wildman–Crippen MR) is 213 cm³/mol. The van der Waals surface area contributed by atoms with Crippen LogP contribution in [0.1, 0.15) is 129 Å². The van der Waals surface area contributed by atoms with Crippen LogP contribution in [0.2, 0.25) is 0 Å². The SMILES string of the molecule is C=CC(C)(C)CC.C=CCC.CCC(CCN(C)CC)CN(F)C(=O)OC(C)(C)C.CCCN(C)CCN(C)CC(C)(C)C.CCOC. The molecule has 7 nitrogen and oxygen atoms in total. The molecular formula is C40H87FN4O3. The standard InChI is InChI=1S/C14H29FN2O2.C12H28N2.C7H14.C4H8.C3H8O/c1-7-12(9-10-16(6)8-2)11-17(15)13(18)19-14(3,4)5;1-7-8-13(5)9-10-14(6)11-12(2,3)4;1-5-7(3,4)6-2;2*1-3-4-2/h12H,7-11H2,1-6H3;7-11H2,1-6H3;5H,1,6H2,2-4H3;3H,1,4H2,2H3;3H2,1-2H3. The largest absolute Gasteiger partial charge is 0.442 e. The Bertz CT molecular complexity index is 718. The van der Waals surface area contributed by atoms with Crippen molar-refractivity contribution in [2.75, 3.05) is 80.7 Å². The molecule has 0 aliphatic heterocycles. The van der Waals surface area contributed by atoms with Gasteiger partial charge >= 0.3 is 6.09 Å². The molecule has 0 aliphatic carbocycles. The molecule has 0 bridgehead atoms. The zero-order chi connectivity index (χ0) is 39.0. The summed E-state index contributed by atoms with van der Waals surface area (Å²) in [6.07, 6.45) is 8.21. The molecule has 0 aromatic heterocycles. The molecule has 0 saturated carbocycles. The van der Waals surface area contributed by atoms with Gasteiger partial charge in [0.15, 0.2) is 0 Å². The zero-order valence-electron chi connectivity index (χ0n) is 35.7. The van der Waals surface area contributed by atoms with Crippen molar-refractivity contribution in [2.24, 2.45) is 16.7 Å². The molecule has 0 heterocycles. The summed E-state index contributed by atoms with van der Waals surface area (Å²) in [6.45, 7) is 43.7. The molecule has 0 fully saturated rings. The highest BCUT2D eigenvalue weighted by molar-refractivity contribution is 5.66. The van der Waals surface area contributed by atoms with E-state index in [0.29, 0.717) is 10.8 Å². The number of rotatable bonds is 17. The van der Waals surface area contributed by atoms with Crippen molar-refractivity contribution < 1.29 is 18.7 Å². The molecule has 292 valence electrons. The minimum absolute atomic E-state index is 0.100. The summed E-state index contributed by atoms with van der Waals surface area (Å²) in [5.74, 6) is 0.159. The van der Waals surface area contributed by atoms with Crippen LogP contribution in [0.4, 0.5) is 9.28 Å². The fourth-order valence-electron chi connectivity index (χ4n) is 3.47. The molecule has 0 rings (SSSR count). The number of amides is 1. The molecule has 1 atom stereocenters. The predicted octanol–water partition coefficient (Wildman–Crippen LogP) is 10.6. The Balaban J connectivity index is -0.000000184. The lowest BCUT2D eigenvalue weighted by atomic mass is 9.91. The van der Waals surface area contributed by atoms with E-state index >= 15 is 0 Å². The quantitative estimate of drug-likeness (QED) is 0.112. The maximum absolute atomic E-state index is 13.7. The number of ether oxygens (including phenoxy) is 2. The van der Waals surface area contributed by atoms with Crippen molar-refractivity contribution in [3.8, 4) is 0 Å². The fourth-order valence-corrected chi connectivity index (χ4v) is 3.47. The van der Waals surface area contributed by atoms with Crippen LogP contribution in [-0.2, 0) is 9.47 Å². The van der Waals surface area contributed by atoms with Gasteiger partial charge in [0.1, 0.15) is 5.60 Å². The van der Waals surface area contributed by atoms with E-state index in [0.717, 1.165) is 39.0 Å². The van der Waals surface area contributed by atoms with Gasteiger partial charge < -0.3 is 24.2 Å². The third-order valence-corrected chi connectivity index (χ3v) is 7.30. The second-order valence-corrected chi connectivity index (χ2v) is 15.4. The van der Waals surface area contributed by atoms with E-state index < -0.39 is 11.7 Å². The third-order valence-electron chi connectivity index (χ3n) is 7.30. The number of likely N-dealkylation sites (N-methyl/N-ethyl adjacent to an activating group) is 2. The summed E-state index contributed by atoms with van der Waals surface area (Å²) in [5, 5.41) is 0.200. The summed E-state index contributed by atoms with van der Waals surface area (Å²) in [6, 6.07) is 0. The highest BCUT2D eigenvalue weighted by atomic mass is 19.2. The third kappa shape index (κ3) is 48.9. The van der Waals surface area contributed by atoms with E-state index in [1.807, 2.05) is 33.0 Å². The van der Waals surface area contributed by atoms with E-state index in [9.17, 15) is 9.28 Å². The van der Waals surface area contributed by atoms with Crippen LogP contribution in [0, 0.1) is 16.7 Å². The normalized spacial score (nSPS) is 11.9. The van der Waals surface area contributed by atoms with Crippen LogP contribution in [0.15, 0.2) is 25.3 Å². The van der Waals surface area contributed by atoms with Gasteiger partial charge in [0.05, 0.1) is 6.54 Å². The second kappa shape index (κ2) is 34.0. The minimum atomic E-state index is -0.894. The number of allylic oxidation sites excluding steroid dienone is 2. The molecule has 0 aromatic rings. The van der Waals surface area contributed by atoms with Crippen molar-refractivity contribution in [3.05, 3.63) is 25.3 Å². The number of carbonyl (C=O) groups excluding carboxylic acids is 1. The van der Waals surface area contributed by atoms with E-state index in [1.165, 1.54) is 39.0 Å². The van der Waals surface area contributed by atoms with Crippen molar-refractivity contribution in [1.82, 2.24) is 19.8 Å². The van der Waals surface area contributed by atoms with Crippen LogP contribution < -0.4 is 0 Å². The summed E-state index contributed by atoms with van der Waals surface area (Å²) < 4.78 is 23.3. The Hall–Kier alpha value is -1.48. The van der Waals surface area contributed by atoms with Gasteiger partial charge in [-0.2, -0.15) is 0 Å². The lowest BCUT2D eigenvalue weighted by Gasteiger charge is -2.28. The first-order chi connectivity index (χ1) is 22.0. The second-order valence-electron chi connectivity index (χ2n) is 15.4. The summed E-state index contributed by atoms with van der Waals surface area (Å²) >= 11 is 0. The van der Waals surface area contributed by atoms with Gasteiger partial charge in [-0.15, -0.1) is 18.3 Å². The van der Waals surface area contributed by atoms with Gasteiger partial charge in [-0.1, -0.05) is 92.3 Å². The monoisotopic (exact) mass is 691 g/mol. The molecule has 0 radical (unpaired) electrons. The topological polar surface area (TPSA) is 48.5 Å². The number of hydrogen-bond donors (Lipinski definition) is 0. The van der Waals surface area contributed by atoms with Crippen LogP contribution in [-0.4, -0.2) is 112 Å². The lowest BCUT2D eigenvalue weighted by Crippen LogP contribution is -2.35. The molecule has 8 heteroatoms. The smallest absolute Gasteiger partial charge is 0.438 e. The van der Waals surface area contributed by atoms with Crippen molar-refractivity contribution in [1.29, 1.82) is 0 Å². The first-order valence-corrected chi connectivity index (χ1v) is 18.4. The lowest BCUT2D eigenvalue weighted by molar-refractivity contribution is -0.0382. The molecular weight excluding hydrogens is 603 g/mol. The Labute approximate surface area is 301 Å². The Morgan fingerprint density at radius 3 is 1.58 bits per heavy atom. The molecule has 1 unspecified atom stereocenters. The number of halogens is 1. The van der Waals surface area contributed by atoms with Crippen LogP contribution >= 0.6 is 0 Å². The number of carbonyl (C=O) groups is 1. The zero-order valence-corrected chi connectivity index (χ0v) is 35.7. The molecule has 0 aliphatic rings. The Morgan fingerprint density at radius 1 is 0.812 bits per heavy atom. The van der Waals surface area contributed by atoms with Gasteiger partial charge in [0, 0.05) is 33.4 Å². The van der Waals surface area contributed by atoms with Crippen molar-refractivity contribution in [3.63, 3.8) is 0 Å². The Kier molecular flexibility index (Phi) is 39.6. The molecule has 1 amide bonds. The maximum atomic E-state index is 13.7. The molecule has 0 aromatic carbocycles. The van der Waals surface area contributed by atoms with Crippen molar-refractivity contribution >= 4 is 6.09 Å². The first kappa shape index (κ1) is 55.9. The Morgan fingerprint density at radius 2 is 1.29 bits per heavy atom. The summed E-state index contributed by atoms with van der Waals surface area (Å²) in [5.41, 5.74) is 0.101. The number of nitrogens with zero attached hydrogens (tertiary/aromatic N) is 4. The summed E-state index contributed by atoms with van der Waals surface area (Å²) in [4.78, 5) is 18.5. The van der Waals surface area contributed by atoms with E-state index in [4.69, 9.17) is 4.74 Å². The first-order valence-electron chi connectivity index (χ1n) is 18.4. The van der Waals surface area contributed by atoms with Crippen LogP contribution in [0.25, 0.3) is 0 Å². The molecule has 0 N–H and O–H groups in total. The van der Waals surface area contributed by atoms with Gasteiger partial charge in [0.2, 0.25) is 0 Å². The highest BCUT2D eigenvalue weighted by Crippen LogP contribution is 2.19. The minimum Gasteiger partial charge on any atom is -0.442 e. The average Bonchev–Trinajstić information content (AvgIpc) is 3.01. The van der Waals surface area contributed by atoms with Gasteiger partial charge in [-0.3, -0.25) is 0 Å². The summed E-state index contributed by atoms with van der Waals surface area (Å²) in [7, 11) is 8.13. The van der Waals surface area contributed by atoms with E-state index in [1.54, 1.807) is 27.9 Å². The van der Waals surface area contributed by atoms with Crippen LogP contribution in [0.5, 0.6) is 0 Å².